The summed E-state index contributed by atoms with van der Waals surface area (Å²) in [5, 5.41) is 2.81. The number of hydrogen-bond acceptors (Lipinski definition) is 6. The third-order valence-electron chi connectivity index (χ3n) is 4.33. The van der Waals surface area contributed by atoms with E-state index in [4.69, 9.17) is 14.2 Å². The summed E-state index contributed by atoms with van der Waals surface area (Å²) in [7, 11) is 0.805. The van der Waals surface area contributed by atoms with Crippen LogP contribution in [0.2, 0.25) is 0 Å². The van der Waals surface area contributed by atoms with Gasteiger partial charge in [0.05, 0.1) is 39.3 Å². The van der Waals surface area contributed by atoms with Gasteiger partial charge in [0.15, 0.2) is 11.5 Å². The molecule has 2 aromatic rings. The molecule has 1 amide bonds. The van der Waals surface area contributed by atoms with Crippen molar-refractivity contribution in [1.82, 2.24) is 5.32 Å². The van der Waals surface area contributed by atoms with Crippen LogP contribution in [0, 0.1) is 0 Å². The number of methoxy groups -OCH3 is 3. The lowest BCUT2D eigenvalue weighted by Crippen LogP contribution is -2.41. The normalized spacial score (nSPS) is 12.0. The summed E-state index contributed by atoms with van der Waals surface area (Å²) in [4.78, 5) is 12.6. The number of hydrogen-bond donors (Lipinski definition) is 1. The van der Waals surface area contributed by atoms with Gasteiger partial charge in [-0.25, -0.2) is 8.42 Å². The van der Waals surface area contributed by atoms with Crippen molar-refractivity contribution in [2.24, 2.45) is 0 Å². The molecule has 0 spiro atoms. The largest absolute Gasteiger partial charge is 0.495 e. The molecule has 1 atom stereocenters. The second-order valence-electron chi connectivity index (χ2n) is 6.35. The van der Waals surface area contributed by atoms with E-state index in [1.165, 1.54) is 14.2 Å². The minimum atomic E-state index is -3.71. The zero-order valence-electron chi connectivity index (χ0n) is 17.1. The van der Waals surface area contributed by atoms with Gasteiger partial charge >= 0.3 is 0 Å². The average Bonchev–Trinajstić information content (AvgIpc) is 2.70. The predicted molar refractivity (Wildman–Crippen MR) is 111 cm³/mol. The van der Waals surface area contributed by atoms with E-state index in [0.717, 1.165) is 16.1 Å². The van der Waals surface area contributed by atoms with Crippen LogP contribution in [0.1, 0.15) is 18.5 Å². The van der Waals surface area contributed by atoms with Crippen molar-refractivity contribution >= 4 is 21.6 Å². The van der Waals surface area contributed by atoms with Crippen molar-refractivity contribution in [3.63, 3.8) is 0 Å². The van der Waals surface area contributed by atoms with E-state index < -0.39 is 15.9 Å². The highest BCUT2D eigenvalue weighted by atomic mass is 32.2. The van der Waals surface area contributed by atoms with Crippen molar-refractivity contribution in [2.45, 2.75) is 13.0 Å². The Hall–Kier alpha value is -2.94. The van der Waals surface area contributed by atoms with Crippen LogP contribution in [0.3, 0.4) is 0 Å². The molecule has 9 heteroatoms. The van der Waals surface area contributed by atoms with Crippen LogP contribution >= 0.6 is 0 Å². The Labute approximate surface area is 171 Å². The second-order valence-corrected chi connectivity index (χ2v) is 8.25. The summed E-state index contributed by atoms with van der Waals surface area (Å²) in [5.74, 6) is 1.02. The Bertz CT molecular complexity index is 961. The SMILES string of the molecule is COc1ccc([C@H](C)NC(=O)CN(c2ccccc2OC)S(C)(=O)=O)cc1OC. The molecule has 1 N–H and O–H groups in total. The second kappa shape index (κ2) is 9.51. The van der Waals surface area contributed by atoms with E-state index in [1.807, 2.05) is 0 Å². The van der Waals surface area contributed by atoms with Crippen molar-refractivity contribution in [3.8, 4) is 17.2 Å². The molecule has 0 unspecified atom stereocenters. The van der Waals surface area contributed by atoms with Gasteiger partial charge in [0.25, 0.3) is 0 Å². The van der Waals surface area contributed by atoms with Crippen LogP contribution in [0.5, 0.6) is 17.2 Å². The zero-order chi connectivity index (χ0) is 21.6. The van der Waals surface area contributed by atoms with Crippen LogP contribution in [0.4, 0.5) is 5.69 Å². The van der Waals surface area contributed by atoms with Crippen molar-refractivity contribution < 1.29 is 27.4 Å². The smallest absolute Gasteiger partial charge is 0.241 e. The number of nitrogens with one attached hydrogen (secondary N) is 1. The molecule has 0 aliphatic carbocycles. The van der Waals surface area contributed by atoms with E-state index in [-0.39, 0.29) is 12.6 Å². The molecule has 2 aromatic carbocycles. The van der Waals surface area contributed by atoms with Crippen LogP contribution < -0.4 is 23.8 Å². The van der Waals surface area contributed by atoms with Gasteiger partial charge in [-0.05, 0) is 36.8 Å². The first-order valence-corrected chi connectivity index (χ1v) is 10.7. The molecule has 0 radical (unpaired) electrons. The third kappa shape index (κ3) is 5.54. The highest BCUT2D eigenvalue weighted by Gasteiger charge is 2.24. The molecule has 0 bridgehead atoms. The van der Waals surface area contributed by atoms with E-state index in [1.54, 1.807) is 56.5 Å². The summed E-state index contributed by atoms with van der Waals surface area (Å²) < 4.78 is 41.4. The molecule has 158 valence electrons. The van der Waals surface area contributed by atoms with Gasteiger partial charge in [-0.3, -0.25) is 9.10 Å². The molecule has 8 nitrogen and oxygen atoms in total. The Morgan fingerprint density at radius 3 is 2.21 bits per heavy atom. The highest BCUT2D eigenvalue weighted by Crippen LogP contribution is 2.31. The first-order chi connectivity index (χ1) is 13.7. The molecular formula is C20H26N2O6S. The lowest BCUT2D eigenvalue weighted by Gasteiger charge is -2.24. The van der Waals surface area contributed by atoms with Crippen molar-refractivity contribution in [3.05, 3.63) is 48.0 Å². The number of ether oxygens (including phenoxy) is 3. The Kier molecular flexibility index (Phi) is 7.33. The van der Waals surface area contributed by atoms with Gasteiger partial charge in [-0.1, -0.05) is 18.2 Å². The van der Waals surface area contributed by atoms with E-state index >= 15 is 0 Å². The molecular weight excluding hydrogens is 396 g/mol. The zero-order valence-corrected chi connectivity index (χ0v) is 17.9. The number of benzene rings is 2. The van der Waals surface area contributed by atoms with E-state index in [9.17, 15) is 13.2 Å². The summed E-state index contributed by atoms with van der Waals surface area (Å²) in [6, 6.07) is 11.6. The minimum Gasteiger partial charge on any atom is -0.495 e. The number of para-hydroxylation sites is 2. The Morgan fingerprint density at radius 2 is 1.62 bits per heavy atom. The molecule has 0 saturated heterocycles. The summed E-state index contributed by atoms with van der Waals surface area (Å²) >= 11 is 0. The summed E-state index contributed by atoms with van der Waals surface area (Å²) in [5.41, 5.74) is 1.09. The average molecular weight is 423 g/mol. The monoisotopic (exact) mass is 422 g/mol. The number of nitrogens with zero attached hydrogens (tertiary/aromatic N) is 1. The quantitative estimate of drug-likeness (QED) is 0.667. The number of anilines is 1. The Balaban J connectivity index is 2.20. The standard InChI is InChI=1S/C20H26N2O6S/c1-14(15-10-11-18(27-3)19(12-15)28-4)21-20(23)13-22(29(5,24)25)16-8-6-7-9-17(16)26-2/h6-12,14H,13H2,1-5H3,(H,21,23)/t14-/m0/s1. The van der Waals surface area contributed by atoms with Crippen molar-refractivity contribution in [2.75, 3.05) is 38.4 Å². The van der Waals surface area contributed by atoms with Gasteiger partial charge in [0.2, 0.25) is 15.9 Å². The van der Waals surface area contributed by atoms with Gasteiger partial charge in [0.1, 0.15) is 12.3 Å². The van der Waals surface area contributed by atoms with Crippen LogP contribution in [-0.2, 0) is 14.8 Å². The molecule has 0 saturated carbocycles. The first kappa shape index (κ1) is 22.4. The topological polar surface area (TPSA) is 94.2 Å². The summed E-state index contributed by atoms with van der Waals surface area (Å²) in [6.45, 7) is 1.42. The number of carbonyl (C=O) groups is 1. The summed E-state index contributed by atoms with van der Waals surface area (Å²) in [6.07, 6.45) is 1.05. The van der Waals surface area contributed by atoms with Crippen molar-refractivity contribution in [1.29, 1.82) is 0 Å². The first-order valence-electron chi connectivity index (χ1n) is 8.83. The Morgan fingerprint density at radius 1 is 1.00 bits per heavy atom. The molecule has 0 aromatic heterocycles. The van der Waals surface area contributed by atoms with E-state index in [0.29, 0.717) is 22.9 Å². The fraction of sp³-hybridized carbons (Fsp3) is 0.350. The fourth-order valence-electron chi connectivity index (χ4n) is 2.84. The van der Waals surface area contributed by atoms with Crippen LogP contribution in [0.15, 0.2) is 42.5 Å². The third-order valence-corrected chi connectivity index (χ3v) is 5.45. The molecule has 0 fully saturated rings. The maximum Gasteiger partial charge on any atom is 0.241 e. The molecule has 0 heterocycles. The maximum atomic E-state index is 12.6. The lowest BCUT2D eigenvalue weighted by molar-refractivity contribution is -0.120. The molecule has 2 rings (SSSR count). The number of amides is 1. The van der Waals surface area contributed by atoms with Gasteiger partial charge in [-0.15, -0.1) is 0 Å². The molecule has 0 aliphatic heterocycles. The predicted octanol–water partition coefficient (Wildman–Crippen LogP) is 2.36. The number of sulfonamides is 1. The molecule has 29 heavy (non-hydrogen) atoms. The fourth-order valence-corrected chi connectivity index (χ4v) is 3.70. The number of rotatable bonds is 9. The van der Waals surface area contributed by atoms with Gasteiger partial charge < -0.3 is 19.5 Å². The number of carbonyl (C=O) groups excluding carboxylic acids is 1. The lowest BCUT2D eigenvalue weighted by atomic mass is 10.1. The van der Waals surface area contributed by atoms with E-state index in [2.05, 4.69) is 5.32 Å². The highest BCUT2D eigenvalue weighted by molar-refractivity contribution is 7.92. The van der Waals surface area contributed by atoms with Crippen LogP contribution in [0.25, 0.3) is 0 Å². The molecule has 0 aliphatic rings. The maximum absolute atomic E-state index is 12.6. The van der Waals surface area contributed by atoms with Gasteiger partial charge in [0, 0.05) is 0 Å². The minimum absolute atomic E-state index is 0.298. The van der Waals surface area contributed by atoms with Crippen LogP contribution in [-0.4, -0.2) is 48.5 Å². The van der Waals surface area contributed by atoms with Gasteiger partial charge in [-0.2, -0.15) is 0 Å².